The van der Waals surface area contributed by atoms with E-state index in [1.165, 1.54) is 18.2 Å². The number of carbonyl (C=O) groups is 1. The first kappa shape index (κ1) is 14.8. The zero-order valence-electron chi connectivity index (χ0n) is 11.5. The Hall–Kier alpha value is -2.62. The number of aliphatic carboxylic acids is 1. The van der Waals surface area contributed by atoms with Crippen molar-refractivity contribution in [1.82, 2.24) is 0 Å². The highest BCUT2D eigenvalue weighted by atomic mass is 19.1. The molecule has 0 spiro atoms. The van der Waals surface area contributed by atoms with Gasteiger partial charge in [-0.3, -0.25) is 0 Å². The third kappa shape index (κ3) is 4.18. The lowest BCUT2D eigenvalue weighted by molar-refractivity contribution is -0.131. The molecule has 0 amide bonds. The predicted octanol–water partition coefficient (Wildman–Crippen LogP) is 4.06. The van der Waals surface area contributed by atoms with Gasteiger partial charge >= 0.3 is 5.97 Å². The van der Waals surface area contributed by atoms with Crippen molar-refractivity contribution < 1.29 is 19.0 Å². The molecule has 3 nitrogen and oxygen atoms in total. The molecule has 0 saturated carbocycles. The molecule has 0 unspecified atom stereocenters. The highest BCUT2D eigenvalue weighted by Crippen LogP contribution is 2.25. The Kier molecular flexibility index (Phi) is 4.72. The molecular weight excluding hydrogens is 271 g/mol. The third-order valence-corrected chi connectivity index (χ3v) is 2.95. The maximum atomic E-state index is 13.9. The Morgan fingerprint density at radius 2 is 1.95 bits per heavy atom. The molecule has 0 saturated heterocycles. The molecule has 0 radical (unpaired) electrons. The number of rotatable bonds is 5. The van der Waals surface area contributed by atoms with Crippen LogP contribution in [0.2, 0.25) is 0 Å². The van der Waals surface area contributed by atoms with Crippen LogP contribution in [0.1, 0.15) is 24.2 Å². The maximum absolute atomic E-state index is 13.9. The van der Waals surface area contributed by atoms with Gasteiger partial charge in [0.25, 0.3) is 0 Å². The van der Waals surface area contributed by atoms with E-state index in [2.05, 4.69) is 0 Å². The van der Waals surface area contributed by atoms with Crippen molar-refractivity contribution in [2.45, 2.75) is 13.0 Å². The van der Waals surface area contributed by atoms with Gasteiger partial charge < -0.3 is 9.84 Å². The van der Waals surface area contributed by atoms with Crippen LogP contribution >= 0.6 is 0 Å². The number of hydrogen-bond donors (Lipinski definition) is 1. The average Bonchev–Trinajstić information content (AvgIpc) is 2.48. The van der Waals surface area contributed by atoms with E-state index >= 15 is 0 Å². The minimum Gasteiger partial charge on any atom is -0.483 e. The zero-order chi connectivity index (χ0) is 15.2. The number of benzene rings is 2. The van der Waals surface area contributed by atoms with Crippen LogP contribution in [0.5, 0.6) is 5.75 Å². The van der Waals surface area contributed by atoms with Crippen molar-refractivity contribution in [2.75, 3.05) is 0 Å². The first-order valence-electron chi connectivity index (χ1n) is 6.48. The summed E-state index contributed by atoms with van der Waals surface area (Å²) in [5, 5.41) is 8.54. The van der Waals surface area contributed by atoms with Gasteiger partial charge in [0.15, 0.2) is 11.6 Å². The Morgan fingerprint density at radius 1 is 1.24 bits per heavy atom. The molecule has 108 valence electrons. The second kappa shape index (κ2) is 6.70. The number of carboxylic acid groups (broad SMARTS) is 1. The van der Waals surface area contributed by atoms with Crippen molar-refractivity contribution in [1.29, 1.82) is 0 Å². The van der Waals surface area contributed by atoms with Gasteiger partial charge in [-0.25, -0.2) is 9.18 Å². The summed E-state index contributed by atoms with van der Waals surface area (Å²) in [6.45, 7) is 1.84. The van der Waals surface area contributed by atoms with E-state index in [-0.39, 0.29) is 11.9 Å². The van der Waals surface area contributed by atoms with E-state index in [0.717, 1.165) is 11.6 Å². The van der Waals surface area contributed by atoms with Crippen molar-refractivity contribution in [3.05, 3.63) is 71.6 Å². The maximum Gasteiger partial charge on any atom is 0.328 e. The first-order valence-corrected chi connectivity index (χ1v) is 6.48. The quantitative estimate of drug-likeness (QED) is 0.843. The Labute approximate surface area is 122 Å². The Bertz CT molecular complexity index is 650. The van der Waals surface area contributed by atoms with Crippen LogP contribution in [-0.4, -0.2) is 11.1 Å². The number of halogens is 1. The Morgan fingerprint density at radius 3 is 2.57 bits per heavy atom. The van der Waals surface area contributed by atoms with Crippen LogP contribution in [0.25, 0.3) is 6.08 Å². The van der Waals surface area contributed by atoms with E-state index < -0.39 is 11.8 Å². The second-order valence-electron chi connectivity index (χ2n) is 4.53. The lowest BCUT2D eigenvalue weighted by Crippen LogP contribution is -2.04. The van der Waals surface area contributed by atoms with Crippen molar-refractivity contribution >= 4 is 12.0 Å². The second-order valence-corrected chi connectivity index (χ2v) is 4.53. The minimum absolute atomic E-state index is 0.138. The molecule has 1 atom stereocenters. The summed E-state index contributed by atoms with van der Waals surface area (Å²) in [5.74, 6) is -1.46. The van der Waals surface area contributed by atoms with E-state index in [1.807, 2.05) is 37.3 Å². The molecule has 0 heterocycles. The minimum atomic E-state index is -1.08. The first-order chi connectivity index (χ1) is 10.1. The molecule has 0 fully saturated rings. The smallest absolute Gasteiger partial charge is 0.328 e. The molecule has 2 rings (SSSR count). The van der Waals surface area contributed by atoms with Crippen molar-refractivity contribution in [3.63, 3.8) is 0 Å². The highest BCUT2D eigenvalue weighted by molar-refractivity contribution is 5.85. The van der Waals surface area contributed by atoms with Crippen LogP contribution in [0.15, 0.2) is 54.6 Å². The molecule has 0 aliphatic carbocycles. The monoisotopic (exact) mass is 286 g/mol. The standard InChI is InChI=1S/C17H15FO3/c1-12(14-5-3-2-4-6-14)21-16-9-7-13(11-15(16)18)8-10-17(19)20/h2-12H,1H3,(H,19,20)/b10-8-/t12-/m1/s1. The fraction of sp³-hybridized carbons (Fsp3) is 0.118. The van der Waals surface area contributed by atoms with Gasteiger partial charge in [0, 0.05) is 6.08 Å². The predicted molar refractivity (Wildman–Crippen MR) is 78.6 cm³/mol. The molecule has 0 aromatic heterocycles. The summed E-state index contributed by atoms with van der Waals surface area (Å²) in [6.07, 6.45) is 2.01. The molecule has 2 aromatic rings. The SMILES string of the molecule is C[C@@H](Oc1ccc(/C=C\C(=O)O)cc1F)c1ccccc1. The molecule has 0 aliphatic heterocycles. The number of carboxylic acids is 1. The van der Waals surface area contributed by atoms with E-state index in [1.54, 1.807) is 6.07 Å². The summed E-state index contributed by atoms with van der Waals surface area (Å²) in [7, 11) is 0. The summed E-state index contributed by atoms with van der Waals surface area (Å²) in [4.78, 5) is 10.4. The van der Waals surface area contributed by atoms with E-state index in [9.17, 15) is 9.18 Å². The largest absolute Gasteiger partial charge is 0.483 e. The van der Waals surface area contributed by atoms with Gasteiger partial charge in [0.05, 0.1) is 0 Å². The van der Waals surface area contributed by atoms with Gasteiger partial charge in [-0.15, -0.1) is 0 Å². The number of ether oxygens (including phenoxy) is 1. The molecule has 4 heteroatoms. The van der Waals surface area contributed by atoms with Crippen LogP contribution in [0.4, 0.5) is 4.39 Å². The van der Waals surface area contributed by atoms with E-state index in [0.29, 0.717) is 5.56 Å². The lowest BCUT2D eigenvalue weighted by Gasteiger charge is -2.15. The molecule has 0 bridgehead atoms. The van der Waals surface area contributed by atoms with Crippen molar-refractivity contribution in [3.8, 4) is 5.75 Å². The van der Waals surface area contributed by atoms with Crippen LogP contribution < -0.4 is 4.74 Å². The third-order valence-electron chi connectivity index (χ3n) is 2.95. The summed E-state index contributed by atoms with van der Waals surface area (Å²) < 4.78 is 19.5. The van der Waals surface area contributed by atoms with Crippen LogP contribution in [-0.2, 0) is 4.79 Å². The van der Waals surface area contributed by atoms with Gasteiger partial charge in [-0.05, 0) is 36.3 Å². The summed E-state index contributed by atoms with van der Waals surface area (Å²) >= 11 is 0. The van der Waals surface area contributed by atoms with Gasteiger partial charge in [-0.2, -0.15) is 0 Å². The molecular formula is C17H15FO3. The van der Waals surface area contributed by atoms with Crippen molar-refractivity contribution in [2.24, 2.45) is 0 Å². The molecule has 0 aliphatic rings. The van der Waals surface area contributed by atoms with E-state index in [4.69, 9.17) is 9.84 Å². The van der Waals surface area contributed by atoms with Gasteiger partial charge in [0.1, 0.15) is 6.10 Å². The van der Waals surface area contributed by atoms with Crippen LogP contribution in [0.3, 0.4) is 0 Å². The molecule has 2 aromatic carbocycles. The lowest BCUT2D eigenvalue weighted by atomic mass is 10.1. The fourth-order valence-corrected chi connectivity index (χ4v) is 1.87. The molecule has 1 N–H and O–H groups in total. The Balaban J connectivity index is 2.13. The normalized spacial score (nSPS) is 12.3. The number of hydrogen-bond acceptors (Lipinski definition) is 2. The summed E-state index contributed by atoms with van der Waals surface area (Å²) in [6, 6.07) is 13.9. The summed E-state index contributed by atoms with van der Waals surface area (Å²) in [5.41, 5.74) is 1.42. The zero-order valence-corrected chi connectivity index (χ0v) is 11.5. The highest BCUT2D eigenvalue weighted by Gasteiger charge is 2.10. The molecule has 21 heavy (non-hydrogen) atoms. The average molecular weight is 286 g/mol. The van der Waals surface area contributed by atoms with Crippen LogP contribution in [0, 0.1) is 5.82 Å². The van der Waals surface area contributed by atoms with Gasteiger partial charge in [0.2, 0.25) is 0 Å². The fourth-order valence-electron chi connectivity index (χ4n) is 1.87. The van der Waals surface area contributed by atoms with Gasteiger partial charge in [-0.1, -0.05) is 36.4 Å². The topological polar surface area (TPSA) is 46.5 Å².